The monoisotopic (exact) mass is 332 g/mol. The van der Waals surface area contributed by atoms with E-state index in [0.717, 1.165) is 11.1 Å². The van der Waals surface area contributed by atoms with Gasteiger partial charge in [-0.2, -0.15) is 4.98 Å². The number of nitrogens with zero attached hydrogens (tertiary/aromatic N) is 2. The lowest BCUT2D eigenvalue weighted by atomic mass is 9.84. The third-order valence-corrected chi connectivity index (χ3v) is 4.19. The van der Waals surface area contributed by atoms with Crippen molar-refractivity contribution in [1.82, 2.24) is 9.97 Å². The van der Waals surface area contributed by atoms with Gasteiger partial charge in [-0.15, -0.1) is 0 Å². The van der Waals surface area contributed by atoms with E-state index in [2.05, 4.69) is 9.97 Å². The van der Waals surface area contributed by atoms with Gasteiger partial charge in [0, 0.05) is 18.2 Å². The van der Waals surface area contributed by atoms with Gasteiger partial charge < -0.3 is 20.9 Å². The predicted molar refractivity (Wildman–Crippen MR) is 89.8 cm³/mol. The molecule has 128 valence electrons. The van der Waals surface area contributed by atoms with Gasteiger partial charge >= 0.3 is 0 Å². The van der Waals surface area contributed by atoms with Crippen molar-refractivity contribution in [1.29, 1.82) is 0 Å². The summed E-state index contributed by atoms with van der Waals surface area (Å²) >= 11 is 0. The summed E-state index contributed by atoms with van der Waals surface area (Å²) in [4.78, 5) is 7.93. The van der Waals surface area contributed by atoms with Gasteiger partial charge in [-0.05, 0) is 36.5 Å². The number of halogens is 1. The van der Waals surface area contributed by atoms with Crippen LogP contribution in [0.15, 0.2) is 24.4 Å². The first-order chi connectivity index (χ1) is 11.5. The molecule has 1 saturated carbocycles. The van der Waals surface area contributed by atoms with E-state index in [1.165, 1.54) is 0 Å². The number of rotatable bonds is 6. The van der Waals surface area contributed by atoms with Crippen LogP contribution in [0.1, 0.15) is 24.0 Å². The van der Waals surface area contributed by atoms with Crippen LogP contribution in [0, 0.1) is 5.92 Å². The minimum absolute atomic E-state index is 0.157. The molecule has 3 rings (SSSR count). The molecule has 7 heteroatoms. The number of alkyl halides is 1. The molecule has 6 nitrogen and oxygen atoms in total. The first-order valence-corrected chi connectivity index (χ1v) is 7.85. The van der Waals surface area contributed by atoms with Gasteiger partial charge in [0.1, 0.15) is 12.0 Å². The molecule has 0 spiro atoms. The number of methoxy groups -OCH3 is 1. The number of anilines is 2. The maximum atomic E-state index is 12.8. The van der Waals surface area contributed by atoms with Crippen molar-refractivity contribution >= 4 is 11.8 Å². The first-order valence-electron chi connectivity index (χ1n) is 7.85. The van der Waals surface area contributed by atoms with Crippen LogP contribution in [0.4, 0.5) is 16.2 Å². The molecule has 0 amide bonds. The van der Waals surface area contributed by atoms with Gasteiger partial charge in [0.25, 0.3) is 0 Å². The van der Waals surface area contributed by atoms with Gasteiger partial charge in [-0.25, -0.2) is 9.37 Å². The second-order valence-corrected chi connectivity index (χ2v) is 6.05. The van der Waals surface area contributed by atoms with Gasteiger partial charge in [0.05, 0.1) is 13.7 Å². The van der Waals surface area contributed by atoms with E-state index < -0.39 is 6.17 Å². The molecule has 1 aromatic heterocycles. The third kappa shape index (κ3) is 3.67. The molecule has 24 heavy (non-hydrogen) atoms. The zero-order valence-electron chi connectivity index (χ0n) is 13.5. The smallest absolute Gasteiger partial charge is 0.221 e. The quantitative estimate of drug-likeness (QED) is 0.843. The first kappa shape index (κ1) is 16.3. The lowest BCUT2D eigenvalue weighted by Gasteiger charge is -2.29. The fraction of sp³-hybridized carbons (Fsp3) is 0.412. The van der Waals surface area contributed by atoms with Crippen LogP contribution in [-0.4, -0.2) is 29.9 Å². The van der Waals surface area contributed by atoms with E-state index in [9.17, 15) is 4.39 Å². The topological polar surface area (TPSA) is 96.3 Å². The van der Waals surface area contributed by atoms with Crippen LogP contribution in [0.5, 0.6) is 11.5 Å². The van der Waals surface area contributed by atoms with Crippen molar-refractivity contribution in [2.45, 2.75) is 25.4 Å². The Hall–Kier alpha value is -2.57. The molecule has 0 aliphatic heterocycles. The summed E-state index contributed by atoms with van der Waals surface area (Å²) in [5.74, 6) is 2.11. The highest BCUT2D eigenvalue weighted by atomic mass is 19.1. The Labute approximate surface area is 140 Å². The minimum Gasteiger partial charge on any atom is -0.493 e. The van der Waals surface area contributed by atoms with E-state index in [4.69, 9.17) is 20.9 Å². The van der Waals surface area contributed by atoms with Crippen LogP contribution < -0.4 is 20.9 Å². The molecule has 4 N–H and O–H groups in total. The van der Waals surface area contributed by atoms with Crippen molar-refractivity contribution in [2.24, 2.45) is 5.92 Å². The Kier molecular flexibility index (Phi) is 4.69. The number of hydrogen-bond acceptors (Lipinski definition) is 6. The Morgan fingerprint density at radius 1 is 1.25 bits per heavy atom. The molecular formula is C17H21FN4O2. The van der Waals surface area contributed by atoms with Gasteiger partial charge in [0.15, 0.2) is 11.5 Å². The number of aromatic nitrogens is 2. The molecule has 0 radical (unpaired) electrons. The van der Waals surface area contributed by atoms with E-state index >= 15 is 0 Å². The second kappa shape index (κ2) is 6.90. The van der Waals surface area contributed by atoms with Crippen LogP contribution in [-0.2, 0) is 6.42 Å². The normalized spacial score (nSPS) is 19.6. The fourth-order valence-electron chi connectivity index (χ4n) is 2.73. The van der Waals surface area contributed by atoms with Crippen LogP contribution in [0.3, 0.4) is 0 Å². The Bertz CT molecular complexity index is 720. The lowest BCUT2D eigenvalue weighted by Crippen LogP contribution is -2.29. The molecule has 0 saturated heterocycles. The minimum atomic E-state index is -0.671. The van der Waals surface area contributed by atoms with Crippen LogP contribution in [0.2, 0.25) is 0 Å². The summed E-state index contributed by atoms with van der Waals surface area (Å²) in [5, 5.41) is 0. The van der Waals surface area contributed by atoms with Gasteiger partial charge in [0.2, 0.25) is 5.95 Å². The summed E-state index contributed by atoms with van der Waals surface area (Å²) < 4.78 is 24.0. The van der Waals surface area contributed by atoms with Crippen LogP contribution in [0.25, 0.3) is 0 Å². The van der Waals surface area contributed by atoms with Gasteiger partial charge in [-0.1, -0.05) is 6.07 Å². The summed E-state index contributed by atoms with van der Waals surface area (Å²) in [5.41, 5.74) is 13.2. The predicted octanol–water partition coefficient (Wildman–Crippen LogP) is 2.37. The molecule has 0 bridgehead atoms. The van der Waals surface area contributed by atoms with Crippen molar-refractivity contribution in [2.75, 3.05) is 25.2 Å². The number of nitrogen functional groups attached to an aromatic ring is 2. The maximum Gasteiger partial charge on any atom is 0.221 e. The van der Waals surface area contributed by atoms with Crippen molar-refractivity contribution < 1.29 is 13.9 Å². The van der Waals surface area contributed by atoms with E-state index in [1.54, 1.807) is 13.3 Å². The fourth-order valence-corrected chi connectivity index (χ4v) is 2.73. The van der Waals surface area contributed by atoms with E-state index in [-0.39, 0.29) is 11.9 Å². The number of benzene rings is 1. The molecule has 1 aromatic carbocycles. The molecule has 1 aliphatic carbocycles. The standard InChI is InChI=1S/C17H21FN4O2/c1-23-15-7-10(4-12-8-21-17(20)22-16(12)19)2-3-14(15)24-9-11-5-13(18)6-11/h2-3,7-8,11,13H,4-6,9H2,1H3,(H4,19,20,21,22). The molecule has 0 unspecified atom stereocenters. The highest BCUT2D eigenvalue weighted by Crippen LogP contribution is 2.33. The Morgan fingerprint density at radius 2 is 2.04 bits per heavy atom. The Balaban J connectivity index is 1.68. The Morgan fingerprint density at radius 3 is 2.71 bits per heavy atom. The molecular weight excluding hydrogens is 311 g/mol. The second-order valence-electron chi connectivity index (χ2n) is 6.05. The number of hydrogen-bond donors (Lipinski definition) is 2. The number of ether oxygens (including phenoxy) is 2. The zero-order chi connectivity index (χ0) is 17.1. The van der Waals surface area contributed by atoms with E-state index in [0.29, 0.717) is 43.2 Å². The summed E-state index contributed by atoms with van der Waals surface area (Å²) in [6, 6.07) is 5.68. The maximum absolute atomic E-state index is 12.8. The van der Waals surface area contributed by atoms with E-state index in [1.807, 2.05) is 18.2 Å². The molecule has 1 heterocycles. The van der Waals surface area contributed by atoms with Crippen molar-refractivity contribution in [3.63, 3.8) is 0 Å². The largest absolute Gasteiger partial charge is 0.493 e. The molecule has 1 fully saturated rings. The molecule has 0 atom stereocenters. The zero-order valence-corrected chi connectivity index (χ0v) is 13.5. The third-order valence-electron chi connectivity index (χ3n) is 4.19. The average molecular weight is 332 g/mol. The molecule has 2 aromatic rings. The van der Waals surface area contributed by atoms with Crippen molar-refractivity contribution in [3.05, 3.63) is 35.5 Å². The molecule has 1 aliphatic rings. The lowest BCUT2D eigenvalue weighted by molar-refractivity contribution is 0.0849. The van der Waals surface area contributed by atoms with Crippen LogP contribution >= 0.6 is 0 Å². The van der Waals surface area contributed by atoms with Gasteiger partial charge in [-0.3, -0.25) is 0 Å². The average Bonchev–Trinajstić information content (AvgIpc) is 2.53. The summed E-state index contributed by atoms with van der Waals surface area (Å²) in [6.07, 6.45) is 2.68. The SMILES string of the molecule is COc1cc(Cc2cnc(N)nc2N)ccc1OCC1CC(F)C1. The summed E-state index contributed by atoms with van der Waals surface area (Å²) in [6.45, 7) is 0.509. The van der Waals surface area contributed by atoms with Crippen molar-refractivity contribution in [3.8, 4) is 11.5 Å². The highest BCUT2D eigenvalue weighted by molar-refractivity contribution is 5.48. The summed E-state index contributed by atoms with van der Waals surface area (Å²) in [7, 11) is 1.59. The number of nitrogens with two attached hydrogens (primary N) is 2. The highest BCUT2D eigenvalue weighted by Gasteiger charge is 2.29.